The summed E-state index contributed by atoms with van der Waals surface area (Å²) in [7, 11) is 0. The molecule has 32 heavy (non-hydrogen) atoms. The van der Waals surface area contributed by atoms with Gasteiger partial charge in [-0.2, -0.15) is 0 Å². The van der Waals surface area contributed by atoms with E-state index in [1.807, 2.05) is 63.8 Å². The van der Waals surface area contributed by atoms with E-state index >= 15 is 0 Å². The van der Waals surface area contributed by atoms with Crippen molar-refractivity contribution in [1.82, 2.24) is 19.2 Å². The fourth-order valence-corrected chi connectivity index (χ4v) is 4.39. The Morgan fingerprint density at radius 1 is 1.00 bits per heavy atom. The number of rotatable bonds is 4. The van der Waals surface area contributed by atoms with Crippen molar-refractivity contribution in [3.8, 4) is 0 Å². The average Bonchev–Trinajstić information content (AvgIpc) is 3.13. The van der Waals surface area contributed by atoms with E-state index in [0.29, 0.717) is 39.0 Å². The van der Waals surface area contributed by atoms with E-state index in [9.17, 15) is 9.59 Å². The molecule has 1 aliphatic rings. The molecule has 2 aromatic carbocycles. The van der Waals surface area contributed by atoms with Crippen LogP contribution in [0.4, 0.5) is 0 Å². The molecule has 2 aromatic heterocycles. The van der Waals surface area contributed by atoms with Gasteiger partial charge in [-0.25, -0.2) is 4.98 Å². The van der Waals surface area contributed by atoms with Gasteiger partial charge in [0.2, 0.25) is 11.8 Å². The maximum absolute atomic E-state index is 13.0. The molecule has 0 atom stereocenters. The van der Waals surface area contributed by atoms with Crippen molar-refractivity contribution in [2.75, 3.05) is 19.6 Å². The quantitative estimate of drug-likeness (QED) is 0.501. The third kappa shape index (κ3) is 4.08. The number of carbonyl (C=O) groups excluding carboxylic acids is 2. The second-order valence-corrected chi connectivity index (χ2v) is 8.46. The van der Waals surface area contributed by atoms with Gasteiger partial charge in [0, 0.05) is 38.4 Å². The summed E-state index contributed by atoms with van der Waals surface area (Å²) in [4.78, 5) is 34.0. The number of imidazole rings is 1. The summed E-state index contributed by atoms with van der Waals surface area (Å²) < 4.78 is 1.99. The zero-order valence-electron chi connectivity index (χ0n) is 18.2. The Morgan fingerprint density at radius 2 is 1.84 bits per heavy atom. The zero-order valence-corrected chi connectivity index (χ0v) is 18.2. The van der Waals surface area contributed by atoms with Gasteiger partial charge >= 0.3 is 0 Å². The maximum atomic E-state index is 13.0. The summed E-state index contributed by atoms with van der Waals surface area (Å²) in [5, 5.41) is 2.31. The van der Waals surface area contributed by atoms with Crippen molar-refractivity contribution in [2.24, 2.45) is 0 Å². The van der Waals surface area contributed by atoms with Gasteiger partial charge in [-0.3, -0.25) is 9.59 Å². The molecule has 1 aliphatic heterocycles. The molecule has 1 saturated heterocycles. The number of nitrogens with zero attached hydrogens (tertiary/aromatic N) is 4. The molecule has 0 radical (unpaired) electrons. The van der Waals surface area contributed by atoms with Crippen LogP contribution in [0.5, 0.6) is 0 Å². The van der Waals surface area contributed by atoms with Gasteiger partial charge in [0.15, 0.2) is 0 Å². The third-order valence-electron chi connectivity index (χ3n) is 6.19. The lowest BCUT2D eigenvalue weighted by Crippen LogP contribution is -2.36. The summed E-state index contributed by atoms with van der Waals surface area (Å²) >= 11 is 0. The lowest BCUT2D eigenvalue weighted by Gasteiger charge is -2.22. The van der Waals surface area contributed by atoms with Gasteiger partial charge < -0.3 is 14.2 Å². The van der Waals surface area contributed by atoms with Crippen LogP contribution in [0.2, 0.25) is 0 Å². The first-order valence-corrected chi connectivity index (χ1v) is 11.0. The summed E-state index contributed by atoms with van der Waals surface area (Å²) in [6.07, 6.45) is 4.64. The number of hydrogen-bond acceptors (Lipinski definition) is 3. The zero-order chi connectivity index (χ0) is 22.1. The second-order valence-electron chi connectivity index (χ2n) is 8.46. The molecule has 6 nitrogen and oxygen atoms in total. The van der Waals surface area contributed by atoms with Crippen LogP contribution < -0.4 is 0 Å². The molecule has 4 aromatic rings. The summed E-state index contributed by atoms with van der Waals surface area (Å²) in [6, 6.07) is 18.3. The first-order chi connectivity index (χ1) is 15.6. The van der Waals surface area contributed by atoms with E-state index in [0.717, 1.165) is 27.9 Å². The summed E-state index contributed by atoms with van der Waals surface area (Å²) in [5.41, 5.74) is 3.88. The molecule has 3 heterocycles. The Bertz CT molecular complexity index is 1310. The number of aryl methyl sites for hydroxylation is 1. The topological polar surface area (TPSA) is 57.9 Å². The highest BCUT2D eigenvalue weighted by Crippen LogP contribution is 2.18. The number of amides is 2. The smallest absolute Gasteiger partial charge is 0.227 e. The molecule has 0 unspecified atom stereocenters. The molecule has 162 valence electrons. The largest absolute Gasteiger partial charge is 0.340 e. The van der Waals surface area contributed by atoms with E-state index in [4.69, 9.17) is 4.98 Å². The minimum atomic E-state index is 0.0679. The Labute approximate surface area is 187 Å². The number of carbonyl (C=O) groups is 2. The van der Waals surface area contributed by atoms with Gasteiger partial charge in [-0.15, -0.1) is 0 Å². The van der Waals surface area contributed by atoms with Crippen LogP contribution in [0.25, 0.3) is 16.4 Å². The maximum Gasteiger partial charge on any atom is 0.227 e. The van der Waals surface area contributed by atoms with Crippen LogP contribution >= 0.6 is 0 Å². The summed E-state index contributed by atoms with van der Waals surface area (Å²) in [5.74, 6) is 0.137. The fourth-order valence-electron chi connectivity index (χ4n) is 4.39. The molecule has 0 bridgehead atoms. The van der Waals surface area contributed by atoms with E-state index < -0.39 is 0 Å². The van der Waals surface area contributed by atoms with Crippen LogP contribution in [-0.4, -0.2) is 50.6 Å². The van der Waals surface area contributed by atoms with Crippen LogP contribution in [0, 0.1) is 6.92 Å². The van der Waals surface area contributed by atoms with Gasteiger partial charge in [-0.05, 0) is 34.9 Å². The lowest BCUT2D eigenvalue weighted by atomic mass is 10.0. The fraction of sp³-hybridized carbons (Fsp3) is 0.269. The molecular weight excluding hydrogens is 400 g/mol. The van der Waals surface area contributed by atoms with Crippen molar-refractivity contribution in [3.05, 3.63) is 83.8 Å². The van der Waals surface area contributed by atoms with Crippen molar-refractivity contribution < 1.29 is 9.59 Å². The number of fused-ring (bicyclic) bond motifs is 2. The minimum absolute atomic E-state index is 0.0679. The van der Waals surface area contributed by atoms with Crippen LogP contribution in [0.15, 0.2) is 67.0 Å². The standard InChI is InChI=1S/C26H26N4O2/c1-19-5-4-11-30-18-23(27-26(19)30)17-29-14-13-28(12-10-24(29)31)25(32)16-20-8-9-21-6-2-3-7-22(21)15-20/h2-9,11,15,18H,10,12-14,16-17H2,1H3. The first-order valence-electron chi connectivity index (χ1n) is 11.0. The lowest BCUT2D eigenvalue weighted by molar-refractivity contribution is -0.131. The Kier molecular flexibility index (Phi) is 5.35. The highest BCUT2D eigenvalue weighted by molar-refractivity contribution is 5.86. The monoisotopic (exact) mass is 426 g/mol. The van der Waals surface area contributed by atoms with Crippen LogP contribution in [-0.2, 0) is 22.6 Å². The normalized spacial score (nSPS) is 14.8. The van der Waals surface area contributed by atoms with Crippen LogP contribution in [0.3, 0.4) is 0 Å². The van der Waals surface area contributed by atoms with E-state index in [1.165, 1.54) is 5.39 Å². The number of aromatic nitrogens is 2. The Hall–Kier alpha value is -3.67. The number of pyridine rings is 1. The Morgan fingerprint density at radius 3 is 2.69 bits per heavy atom. The highest BCUT2D eigenvalue weighted by Gasteiger charge is 2.24. The molecule has 1 fully saturated rings. The minimum Gasteiger partial charge on any atom is -0.340 e. The SMILES string of the molecule is Cc1cccn2cc(CN3CCN(C(=O)Cc4ccc5ccccc5c4)CCC3=O)nc12. The number of benzene rings is 2. The molecule has 6 heteroatoms. The molecule has 0 aliphatic carbocycles. The second kappa shape index (κ2) is 8.46. The predicted molar refractivity (Wildman–Crippen MR) is 124 cm³/mol. The Balaban J connectivity index is 1.25. The molecule has 5 rings (SSSR count). The van der Waals surface area contributed by atoms with Gasteiger partial charge in [0.05, 0.1) is 18.7 Å². The number of hydrogen-bond donors (Lipinski definition) is 0. The van der Waals surface area contributed by atoms with Crippen molar-refractivity contribution in [1.29, 1.82) is 0 Å². The van der Waals surface area contributed by atoms with E-state index in [1.54, 1.807) is 0 Å². The predicted octanol–water partition coefficient (Wildman–Crippen LogP) is 3.60. The van der Waals surface area contributed by atoms with Crippen molar-refractivity contribution in [2.45, 2.75) is 26.3 Å². The molecule has 2 amide bonds. The molecule has 0 spiro atoms. The molecule has 0 saturated carbocycles. The molecule has 0 N–H and O–H groups in total. The van der Waals surface area contributed by atoms with Crippen molar-refractivity contribution in [3.63, 3.8) is 0 Å². The van der Waals surface area contributed by atoms with E-state index in [-0.39, 0.29) is 11.8 Å². The summed E-state index contributed by atoms with van der Waals surface area (Å²) in [6.45, 7) is 4.03. The van der Waals surface area contributed by atoms with Crippen LogP contribution in [0.1, 0.15) is 23.2 Å². The van der Waals surface area contributed by atoms with Gasteiger partial charge in [0.1, 0.15) is 5.65 Å². The molecular formula is C26H26N4O2. The van der Waals surface area contributed by atoms with E-state index in [2.05, 4.69) is 24.3 Å². The average molecular weight is 427 g/mol. The third-order valence-corrected chi connectivity index (χ3v) is 6.19. The first kappa shape index (κ1) is 20.2. The van der Waals surface area contributed by atoms with Gasteiger partial charge in [-0.1, -0.05) is 48.5 Å². The highest BCUT2D eigenvalue weighted by atomic mass is 16.2. The van der Waals surface area contributed by atoms with Crippen molar-refractivity contribution >= 4 is 28.2 Å². The van der Waals surface area contributed by atoms with Gasteiger partial charge in [0.25, 0.3) is 0 Å².